The van der Waals surface area contributed by atoms with Gasteiger partial charge in [0.2, 0.25) is 0 Å². The predicted octanol–water partition coefficient (Wildman–Crippen LogP) is 3.95. The zero-order chi connectivity index (χ0) is 13.0. The van der Waals surface area contributed by atoms with Crippen LogP contribution in [0.4, 0.5) is 0 Å². The van der Waals surface area contributed by atoms with Gasteiger partial charge in [-0.1, -0.05) is 50.1 Å². The highest BCUT2D eigenvalue weighted by Gasteiger charge is 2.28. The van der Waals surface area contributed by atoms with Gasteiger partial charge >= 0.3 is 0 Å². The van der Waals surface area contributed by atoms with Gasteiger partial charge in [-0.05, 0) is 50.1 Å². The molecule has 1 aromatic carbocycles. The van der Waals surface area contributed by atoms with Crippen LogP contribution in [0, 0.1) is 18.8 Å². The van der Waals surface area contributed by atoms with E-state index in [0.717, 1.165) is 18.4 Å². The van der Waals surface area contributed by atoms with E-state index in [4.69, 9.17) is 0 Å². The van der Waals surface area contributed by atoms with Gasteiger partial charge in [0.15, 0.2) is 0 Å². The van der Waals surface area contributed by atoms with Crippen molar-refractivity contribution in [1.29, 1.82) is 0 Å². The second kappa shape index (κ2) is 6.38. The average molecular weight is 245 g/mol. The van der Waals surface area contributed by atoms with Crippen molar-refractivity contribution in [2.45, 2.75) is 52.5 Å². The number of aryl methyl sites for hydroxylation is 1. The molecular formula is C17H27N. The van der Waals surface area contributed by atoms with E-state index in [-0.39, 0.29) is 0 Å². The van der Waals surface area contributed by atoms with Crippen LogP contribution in [-0.2, 0) is 6.42 Å². The van der Waals surface area contributed by atoms with E-state index in [2.05, 4.69) is 50.4 Å². The van der Waals surface area contributed by atoms with Crippen LogP contribution in [0.25, 0.3) is 0 Å². The summed E-state index contributed by atoms with van der Waals surface area (Å²) in [6, 6.07) is 9.65. The van der Waals surface area contributed by atoms with Crippen LogP contribution >= 0.6 is 0 Å². The molecule has 0 aromatic heterocycles. The Morgan fingerprint density at radius 1 is 1.33 bits per heavy atom. The smallest absolute Gasteiger partial charge is 0.0136 e. The van der Waals surface area contributed by atoms with Gasteiger partial charge in [0, 0.05) is 6.04 Å². The third kappa shape index (κ3) is 3.58. The average Bonchev–Trinajstić information content (AvgIpc) is 2.75. The third-order valence-electron chi connectivity index (χ3n) is 4.31. The highest BCUT2D eigenvalue weighted by Crippen LogP contribution is 2.33. The fraction of sp³-hybridized carbons (Fsp3) is 0.647. The topological polar surface area (TPSA) is 12.0 Å². The summed E-state index contributed by atoms with van der Waals surface area (Å²) in [5.74, 6) is 1.80. The van der Waals surface area contributed by atoms with Crippen LogP contribution in [0.2, 0.25) is 0 Å². The van der Waals surface area contributed by atoms with E-state index >= 15 is 0 Å². The second-order valence-corrected chi connectivity index (χ2v) is 6.04. The van der Waals surface area contributed by atoms with Crippen molar-refractivity contribution in [1.82, 2.24) is 5.32 Å². The van der Waals surface area contributed by atoms with Crippen molar-refractivity contribution in [3.63, 3.8) is 0 Å². The number of rotatable bonds is 5. The van der Waals surface area contributed by atoms with Crippen molar-refractivity contribution in [3.05, 3.63) is 35.4 Å². The minimum atomic E-state index is 0.668. The molecule has 0 aliphatic heterocycles. The molecule has 1 aromatic rings. The molecule has 18 heavy (non-hydrogen) atoms. The molecule has 1 aliphatic carbocycles. The van der Waals surface area contributed by atoms with Gasteiger partial charge in [0.05, 0.1) is 0 Å². The second-order valence-electron chi connectivity index (χ2n) is 6.04. The number of nitrogens with one attached hydrogen (secondary N) is 1. The van der Waals surface area contributed by atoms with Gasteiger partial charge < -0.3 is 5.32 Å². The van der Waals surface area contributed by atoms with Crippen molar-refractivity contribution in [3.8, 4) is 0 Å². The van der Waals surface area contributed by atoms with E-state index in [1.807, 2.05) is 0 Å². The molecule has 0 spiro atoms. The summed E-state index contributed by atoms with van der Waals surface area (Å²) in [5, 5.41) is 3.71. The number of likely N-dealkylation sites (N-methyl/N-ethyl adjacent to an activating group) is 1. The number of benzene rings is 1. The monoisotopic (exact) mass is 245 g/mol. The minimum absolute atomic E-state index is 0.668. The van der Waals surface area contributed by atoms with E-state index in [1.54, 1.807) is 0 Å². The van der Waals surface area contributed by atoms with Crippen molar-refractivity contribution < 1.29 is 0 Å². The molecule has 1 N–H and O–H groups in total. The quantitative estimate of drug-likeness (QED) is 0.828. The summed E-state index contributed by atoms with van der Waals surface area (Å²) in [5.41, 5.74) is 2.86. The van der Waals surface area contributed by atoms with Crippen molar-refractivity contribution in [2.24, 2.45) is 11.8 Å². The normalized spacial score (nSPS) is 25.3. The molecule has 0 radical (unpaired) electrons. The first-order valence-electron chi connectivity index (χ1n) is 7.48. The summed E-state index contributed by atoms with van der Waals surface area (Å²) < 4.78 is 0. The van der Waals surface area contributed by atoms with Gasteiger partial charge in [-0.15, -0.1) is 0 Å². The number of hydrogen-bond acceptors (Lipinski definition) is 1. The molecule has 3 atom stereocenters. The molecule has 0 bridgehead atoms. The summed E-state index contributed by atoms with van der Waals surface area (Å²) >= 11 is 0. The predicted molar refractivity (Wildman–Crippen MR) is 78.9 cm³/mol. The molecule has 100 valence electrons. The Labute approximate surface area is 112 Å². The van der Waals surface area contributed by atoms with Gasteiger partial charge in [0.25, 0.3) is 0 Å². The lowest BCUT2D eigenvalue weighted by Gasteiger charge is -2.25. The molecule has 3 unspecified atom stereocenters. The molecular weight excluding hydrogens is 218 g/mol. The first-order chi connectivity index (χ1) is 8.69. The first-order valence-corrected chi connectivity index (χ1v) is 7.48. The SMILES string of the molecule is CCNC(Cc1cccc(C)c1)C1CCC(C)C1. The highest BCUT2D eigenvalue weighted by atomic mass is 14.9. The maximum atomic E-state index is 3.71. The summed E-state index contributed by atoms with van der Waals surface area (Å²) in [7, 11) is 0. The van der Waals surface area contributed by atoms with Crippen LogP contribution in [-0.4, -0.2) is 12.6 Å². The molecule has 1 nitrogen and oxygen atoms in total. The zero-order valence-corrected chi connectivity index (χ0v) is 12.1. The maximum absolute atomic E-state index is 3.71. The summed E-state index contributed by atoms with van der Waals surface area (Å²) in [6.45, 7) is 7.89. The zero-order valence-electron chi connectivity index (χ0n) is 12.1. The van der Waals surface area contributed by atoms with E-state index in [0.29, 0.717) is 6.04 Å². The Hall–Kier alpha value is -0.820. The van der Waals surface area contributed by atoms with Crippen molar-refractivity contribution in [2.75, 3.05) is 6.54 Å². The van der Waals surface area contributed by atoms with Gasteiger partial charge in [0.1, 0.15) is 0 Å². The molecule has 0 saturated heterocycles. The standard InChI is InChI=1S/C17H27N/c1-4-18-17(16-9-8-14(3)11-16)12-15-7-5-6-13(2)10-15/h5-7,10,14,16-18H,4,8-9,11-12H2,1-3H3. The largest absolute Gasteiger partial charge is 0.314 e. The molecule has 1 heteroatoms. The first kappa shape index (κ1) is 13.6. The van der Waals surface area contributed by atoms with E-state index in [9.17, 15) is 0 Å². The van der Waals surface area contributed by atoms with Crippen LogP contribution < -0.4 is 5.32 Å². The van der Waals surface area contributed by atoms with Crippen LogP contribution in [0.5, 0.6) is 0 Å². The van der Waals surface area contributed by atoms with Gasteiger partial charge in [-0.2, -0.15) is 0 Å². The van der Waals surface area contributed by atoms with Crippen LogP contribution in [0.3, 0.4) is 0 Å². The van der Waals surface area contributed by atoms with Crippen LogP contribution in [0.15, 0.2) is 24.3 Å². The van der Waals surface area contributed by atoms with E-state index < -0.39 is 0 Å². The molecule has 1 saturated carbocycles. The minimum Gasteiger partial charge on any atom is -0.314 e. The Kier molecular flexibility index (Phi) is 4.82. The lowest BCUT2D eigenvalue weighted by molar-refractivity contribution is 0.354. The molecule has 2 rings (SSSR count). The summed E-state index contributed by atoms with van der Waals surface area (Å²) in [4.78, 5) is 0. The Morgan fingerprint density at radius 3 is 2.78 bits per heavy atom. The fourth-order valence-corrected chi connectivity index (χ4v) is 3.38. The molecule has 1 fully saturated rings. The lowest BCUT2D eigenvalue weighted by Crippen LogP contribution is -2.37. The molecule has 0 amide bonds. The van der Waals surface area contributed by atoms with Crippen molar-refractivity contribution >= 4 is 0 Å². The molecule has 1 aliphatic rings. The van der Waals surface area contributed by atoms with Crippen LogP contribution in [0.1, 0.15) is 44.2 Å². The maximum Gasteiger partial charge on any atom is 0.0136 e. The third-order valence-corrected chi connectivity index (χ3v) is 4.31. The van der Waals surface area contributed by atoms with E-state index in [1.165, 1.54) is 36.8 Å². The number of hydrogen-bond donors (Lipinski definition) is 1. The lowest BCUT2D eigenvalue weighted by atomic mass is 9.91. The Morgan fingerprint density at radius 2 is 2.17 bits per heavy atom. The summed E-state index contributed by atoms with van der Waals surface area (Å²) in [6.07, 6.45) is 5.42. The molecule has 0 heterocycles. The van der Waals surface area contributed by atoms with Gasteiger partial charge in [-0.3, -0.25) is 0 Å². The fourth-order valence-electron chi connectivity index (χ4n) is 3.38. The Bertz CT molecular complexity index is 372. The van der Waals surface area contributed by atoms with Gasteiger partial charge in [-0.25, -0.2) is 0 Å². The Balaban J connectivity index is 2.01. The highest BCUT2D eigenvalue weighted by molar-refractivity contribution is 5.23.